The molecule has 0 aliphatic carbocycles. The Hall–Kier alpha value is -2.64. The molecule has 5 nitrogen and oxygen atoms in total. The summed E-state index contributed by atoms with van der Waals surface area (Å²) in [5, 5.41) is 3.00. The largest absolute Gasteiger partial charge is 0.344 e. The number of amides is 1. The van der Waals surface area contributed by atoms with E-state index in [4.69, 9.17) is 0 Å². The highest BCUT2D eigenvalue weighted by atomic mass is 79.9. The highest BCUT2D eigenvalue weighted by Gasteiger charge is 2.25. The fourth-order valence-electron chi connectivity index (χ4n) is 3.14. The van der Waals surface area contributed by atoms with Gasteiger partial charge in [-0.15, -0.1) is 0 Å². The van der Waals surface area contributed by atoms with Gasteiger partial charge in [-0.2, -0.15) is 0 Å². The van der Waals surface area contributed by atoms with E-state index >= 15 is 0 Å². The van der Waals surface area contributed by atoms with Crippen molar-refractivity contribution in [3.05, 3.63) is 100 Å². The van der Waals surface area contributed by atoms with Crippen LogP contribution in [0, 0.1) is 6.92 Å². The van der Waals surface area contributed by atoms with Crippen LogP contribution in [0.4, 0.5) is 5.69 Å². The zero-order valence-electron chi connectivity index (χ0n) is 16.7. The normalized spacial score (nSPS) is 12.2. The number of carbonyl (C=O) groups is 1. The van der Waals surface area contributed by atoms with Gasteiger partial charge in [-0.05, 0) is 46.1 Å². The first-order valence-electron chi connectivity index (χ1n) is 9.39. The fraction of sp³-hybridized carbons (Fsp3) is 0.174. The Bertz CT molecular complexity index is 1120. The zero-order chi connectivity index (χ0) is 21.7. The molecule has 3 aromatic rings. The summed E-state index contributed by atoms with van der Waals surface area (Å²) in [5.41, 5.74) is 3.38. The van der Waals surface area contributed by atoms with Gasteiger partial charge in [0.25, 0.3) is 0 Å². The van der Waals surface area contributed by atoms with Crippen LogP contribution in [-0.2, 0) is 14.8 Å². The third-order valence-corrected chi connectivity index (χ3v) is 6.45. The summed E-state index contributed by atoms with van der Waals surface area (Å²) >= 11 is 3.37. The predicted molar refractivity (Wildman–Crippen MR) is 124 cm³/mol. The molecule has 0 heterocycles. The van der Waals surface area contributed by atoms with E-state index in [2.05, 4.69) is 21.2 Å². The Labute approximate surface area is 185 Å². The molecule has 0 fully saturated rings. The van der Waals surface area contributed by atoms with Crippen molar-refractivity contribution >= 4 is 37.5 Å². The summed E-state index contributed by atoms with van der Waals surface area (Å²) in [7, 11) is -3.66. The molecule has 0 saturated heterocycles. The first-order chi connectivity index (χ1) is 14.3. The summed E-state index contributed by atoms with van der Waals surface area (Å²) in [5.74, 6) is -0.398. The second kappa shape index (κ2) is 9.45. The Morgan fingerprint density at radius 1 is 0.933 bits per heavy atom. The molecule has 1 atom stereocenters. The van der Waals surface area contributed by atoms with Crippen LogP contribution < -0.4 is 9.62 Å². The van der Waals surface area contributed by atoms with E-state index in [-0.39, 0.29) is 12.6 Å². The topological polar surface area (TPSA) is 66.5 Å². The standard InChI is InChI=1S/C23H23BrN2O3S/c1-17-12-14-19(15-13-17)23(18-8-4-3-5-9-18)25-22(27)16-26(30(2,28)29)21-11-7-6-10-20(21)24/h3-15,23H,16H2,1-2H3,(H,25,27). The van der Waals surface area contributed by atoms with Crippen LogP contribution in [0.5, 0.6) is 0 Å². The lowest BCUT2D eigenvalue weighted by molar-refractivity contribution is -0.120. The van der Waals surface area contributed by atoms with Gasteiger partial charge in [0.2, 0.25) is 15.9 Å². The van der Waals surface area contributed by atoms with E-state index in [0.29, 0.717) is 10.2 Å². The van der Waals surface area contributed by atoms with Crippen molar-refractivity contribution in [2.75, 3.05) is 17.1 Å². The molecule has 1 unspecified atom stereocenters. The maximum absolute atomic E-state index is 13.0. The number of benzene rings is 3. The third-order valence-electron chi connectivity index (χ3n) is 4.66. The molecule has 0 saturated carbocycles. The molecule has 156 valence electrons. The smallest absolute Gasteiger partial charge is 0.241 e. The Kier molecular flexibility index (Phi) is 6.95. The molecule has 3 rings (SSSR count). The number of anilines is 1. The maximum atomic E-state index is 13.0. The van der Waals surface area contributed by atoms with Crippen LogP contribution in [-0.4, -0.2) is 27.1 Å². The first-order valence-corrected chi connectivity index (χ1v) is 12.0. The van der Waals surface area contributed by atoms with Crippen LogP contribution in [0.25, 0.3) is 0 Å². The third kappa shape index (κ3) is 5.49. The number of halogens is 1. The summed E-state index contributed by atoms with van der Waals surface area (Å²) in [4.78, 5) is 13.0. The summed E-state index contributed by atoms with van der Waals surface area (Å²) in [6.45, 7) is 1.68. The lowest BCUT2D eigenvalue weighted by Gasteiger charge is -2.25. The van der Waals surface area contributed by atoms with Gasteiger partial charge in [0, 0.05) is 4.47 Å². The van der Waals surface area contributed by atoms with E-state index in [1.54, 1.807) is 24.3 Å². The molecule has 3 aromatic carbocycles. The van der Waals surface area contributed by atoms with Gasteiger partial charge in [-0.3, -0.25) is 9.10 Å². The van der Waals surface area contributed by atoms with Gasteiger partial charge >= 0.3 is 0 Å². The summed E-state index contributed by atoms with van der Waals surface area (Å²) in [6, 6.07) is 24.0. The first kappa shape index (κ1) is 22.1. The van der Waals surface area contributed by atoms with E-state index in [1.165, 1.54) is 0 Å². The monoisotopic (exact) mass is 486 g/mol. The number of hydrogen-bond donors (Lipinski definition) is 1. The minimum atomic E-state index is -3.66. The van der Waals surface area contributed by atoms with Crippen molar-refractivity contribution in [3.63, 3.8) is 0 Å². The van der Waals surface area contributed by atoms with Crippen molar-refractivity contribution in [1.82, 2.24) is 5.32 Å². The molecule has 0 spiro atoms. The van der Waals surface area contributed by atoms with Crippen LogP contribution in [0.15, 0.2) is 83.3 Å². The number of aryl methyl sites for hydroxylation is 1. The minimum absolute atomic E-state index is 0.323. The predicted octanol–water partition coefficient (Wildman–Crippen LogP) is 4.43. The van der Waals surface area contributed by atoms with Gasteiger partial charge in [-0.25, -0.2) is 8.42 Å². The molecule has 0 aliphatic heterocycles. The zero-order valence-corrected chi connectivity index (χ0v) is 19.2. The van der Waals surface area contributed by atoms with Crippen molar-refractivity contribution in [1.29, 1.82) is 0 Å². The van der Waals surface area contributed by atoms with E-state index in [0.717, 1.165) is 27.3 Å². The maximum Gasteiger partial charge on any atom is 0.241 e. The van der Waals surface area contributed by atoms with Crippen molar-refractivity contribution in [2.24, 2.45) is 0 Å². The van der Waals surface area contributed by atoms with Gasteiger partial charge in [0.1, 0.15) is 6.54 Å². The molecule has 30 heavy (non-hydrogen) atoms. The lowest BCUT2D eigenvalue weighted by atomic mass is 9.98. The molecule has 7 heteroatoms. The summed E-state index contributed by atoms with van der Waals surface area (Å²) in [6.07, 6.45) is 1.09. The fourth-order valence-corrected chi connectivity index (χ4v) is 4.62. The van der Waals surface area contributed by atoms with Crippen molar-refractivity contribution < 1.29 is 13.2 Å². The van der Waals surface area contributed by atoms with Gasteiger partial charge in [0.05, 0.1) is 18.0 Å². The molecule has 0 bridgehead atoms. The SMILES string of the molecule is Cc1ccc(C(NC(=O)CN(c2ccccc2Br)S(C)(=O)=O)c2ccccc2)cc1. The number of nitrogens with one attached hydrogen (secondary N) is 1. The van der Waals surface area contributed by atoms with E-state index in [9.17, 15) is 13.2 Å². The average Bonchev–Trinajstić information content (AvgIpc) is 2.71. The molecule has 1 amide bonds. The molecule has 1 N–H and O–H groups in total. The number of sulfonamides is 1. The van der Waals surface area contributed by atoms with Crippen LogP contribution in [0.2, 0.25) is 0 Å². The number of nitrogens with zero attached hydrogens (tertiary/aromatic N) is 1. The van der Waals surface area contributed by atoms with E-state index < -0.39 is 15.9 Å². The lowest BCUT2D eigenvalue weighted by Crippen LogP contribution is -2.42. The van der Waals surface area contributed by atoms with Crippen molar-refractivity contribution in [3.8, 4) is 0 Å². The highest BCUT2D eigenvalue weighted by molar-refractivity contribution is 9.10. The highest BCUT2D eigenvalue weighted by Crippen LogP contribution is 2.28. The minimum Gasteiger partial charge on any atom is -0.344 e. The number of carbonyl (C=O) groups excluding carboxylic acids is 1. The summed E-state index contributed by atoms with van der Waals surface area (Å²) < 4.78 is 26.5. The quantitative estimate of drug-likeness (QED) is 0.536. The molecular weight excluding hydrogens is 464 g/mol. The number of rotatable bonds is 7. The second-order valence-electron chi connectivity index (χ2n) is 7.04. The van der Waals surface area contributed by atoms with Crippen LogP contribution in [0.1, 0.15) is 22.7 Å². The molecule has 0 radical (unpaired) electrons. The number of para-hydroxylation sites is 1. The molecule has 0 aliphatic rings. The van der Waals surface area contributed by atoms with Crippen molar-refractivity contribution in [2.45, 2.75) is 13.0 Å². The number of hydrogen-bond acceptors (Lipinski definition) is 3. The van der Waals surface area contributed by atoms with E-state index in [1.807, 2.05) is 61.5 Å². The van der Waals surface area contributed by atoms with Gasteiger partial charge < -0.3 is 5.32 Å². The Morgan fingerprint density at radius 2 is 1.50 bits per heavy atom. The van der Waals surface area contributed by atoms with Gasteiger partial charge in [-0.1, -0.05) is 72.3 Å². The molecular formula is C23H23BrN2O3S. The van der Waals surface area contributed by atoms with Crippen LogP contribution in [0.3, 0.4) is 0 Å². The average molecular weight is 487 g/mol. The van der Waals surface area contributed by atoms with Crippen LogP contribution >= 0.6 is 15.9 Å². The Morgan fingerprint density at radius 3 is 2.10 bits per heavy atom. The Balaban J connectivity index is 1.89. The van der Waals surface area contributed by atoms with Gasteiger partial charge in [0.15, 0.2) is 0 Å². The second-order valence-corrected chi connectivity index (χ2v) is 9.80. The molecule has 0 aromatic heterocycles.